The molecule has 2 atom stereocenters. The van der Waals surface area contributed by atoms with Gasteiger partial charge in [0.2, 0.25) is 12.1 Å². The Morgan fingerprint density at radius 1 is 0.679 bits per heavy atom. The van der Waals surface area contributed by atoms with Gasteiger partial charge < -0.3 is 33.5 Å². The first kappa shape index (κ1) is 60.1. The fourth-order valence-corrected chi connectivity index (χ4v) is 9.19. The zero-order valence-electron chi connectivity index (χ0n) is 42.2. The number of carbonyl (C=O) groups excluding carboxylic acids is 4. The number of nitriles is 2. The van der Waals surface area contributed by atoms with Gasteiger partial charge in [-0.25, -0.2) is 37.4 Å². The van der Waals surface area contributed by atoms with Crippen molar-refractivity contribution in [3.63, 3.8) is 0 Å². The van der Waals surface area contributed by atoms with Gasteiger partial charge in [0.1, 0.15) is 41.6 Å². The topological polar surface area (TPSA) is 282 Å². The Morgan fingerprint density at radius 3 is 1.79 bits per heavy atom. The molecule has 8 aromatic rings. The van der Waals surface area contributed by atoms with Crippen LogP contribution in [0.3, 0.4) is 0 Å². The minimum atomic E-state index is -3.44. The number of H-pyrrole nitrogens is 1. The second kappa shape index (κ2) is 27.0. The van der Waals surface area contributed by atoms with Gasteiger partial charge in [-0.2, -0.15) is 15.6 Å². The van der Waals surface area contributed by atoms with E-state index in [0.717, 1.165) is 12.1 Å². The molecule has 3 radical (unpaired) electrons. The van der Waals surface area contributed by atoms with Crippen LogP contribution < -0.4 is 5.56 Å². The molecule has 0 saturated heterocycles. The predicted molar refractivity (Wildman–Crippen MR) is 285 cm³/mol. The number of halogens is 3. The Balaban J connectivity index is 0.000000167. The second-order valence-electron chi connectivity index (χ2n) is 16.7. The number of benzene rings is 7. The summed E-state index contributed by atoms with van der Waals surface area (Å²) in [4.78, 5) is 66.9. The van der Waals surface area contributed by atoms with Crippen LogP contribution in [-0.2, 0) is 34.2 Å². The number of esters is 3. The van der Waals surface area contributed by atoms with Crippen molar-refractivity contribution in [2.24, 2.45) is 0 Å². The van der Waals surface area contributed by atoms with Crippen molar-refractivity contribution >= 4 is 68.8 Å². The number of aromatic amines is 1. The van der Waals surface area contributed by atoms with Gasteiger partial charge in [-0.05, 0) is 83.9 Å². The van der Waals surface area contributed by atoms with Crippen molar-refractivity contribution in [2.75, 3.05) is 14.2 Å². The average Bonchev–Trinajstić information content (AvgIpc) is 4.11. The zero-order valence-corrected chi connectivity index (χ0v) is 43.1. The smallest absolute Gasteiger partial charge is 0.375 e. The summed E-state index contributed by atoms with van der Waals surface area (Å²) in [7, 11) is -0.916. The number of hydrogen-bond acceptors (Lipinski definition) is 16. The first-order chi connectivity index (χ1) is 38.4. The quantitative estimate of drug-likeness (QED) is 0.0419. The predicted octanol–water partition coefficient (Wildman–Crippen LogP) is 10.0. The molecule has 18 nitrogen and oxygen atoms in total. The third kappa shape index (κ3) is 14.0. The van der Waals surface area contributed by atoms with Gasteiger partial charge in [-0.15, -0.1) is 0 Å². The fraction of sp³-hybridized carbons (Fsp3) is 0.0862. The lowest BCUT2D eigenvalue weighted by atomic mass is 10.0. The van der Waals surface area contributed by atoms with Gasteiger partial charge in [0, 0.05) is 56.7 Å². The molecule has 11 rings (SSSR count). The monoisotopic (exact) mass is 1120 g/mol. The highest BCUT2D eigenvalue weighted by Gasteiger charge is 2.45. The van der Waals surface area contributed by atoms with E-state index in [1.165, 1.54) is 56.7 Å². The van der Waals surface area contributed by atoms with Gasteiger partial charge in [0.05, 0.1) is 44.5 Å². The van der Waals surface area contributed by atoms with Crippen LogP contribution in [-0.4, -0.2) is 73.2 Å². The molecule has 3 aliphatic heterocycles. The Kier molecular flexibility index (Phi) is 20.0. The van der Waals surface area contributed by atoms with Crippen molar-refractivity contribution in [3.8, 4) is 12.1 Å². The average molecular weight is 1120 g/mol. The van der Waals surface area contributed by atoms with Crippen LogP contribution in [0.15, 0.2) is 156 Å². The number of aromatic carboxylic acids is 1. The number of ether oxygens (including phenoxy) is 3. The van der Waals surface area contributed by atoms with Crippen molar-refractivity contribution in [1.82, 2.24) is 10.2 Å². The van der Waals surface area contributed by atoms with Crippen molar-refractivity contribution in [3.05, 3.63) is 252 Å². The maximum absolute atomic E-state index is 13.4. The van der Waals surface area contributed by atoms with E-state index in [1.807, 2.05) is 0 Å². The fourth-order valence-electron chi connectivity index (χ4n) is 7.86. The number of hydrogen-bond donors (Lipinski definition) is 3. The van der Waals surface area contributed by atoms with Crippen LogP contribution in [0.5, 0.6) is 0 Å². The van der Waals surface area contributed by atoms with Crippen LogP contribution in [0.2, 0.25) is 0 Å². The number of cyclic esters (lactones) is 3. The van der Waals surface area contributed by atoms with Crippen LogP contribution in [0, 0.1) is 40.1 Å². The summed E-state index contributed by atoms with van der Waals surface area (Å²) in [6.07, 6.45) is 1.40. The number of aromatic nitrogens is 2. The molecule has 0 saturated carbocycles. The van der Waals surface area contributed by atoms with E-state index < -0.39 is 61.1 Å². The first-order valence-electron chi connectivity index (χ1n) is 23.3. The molecule has 0 aliphatic carbocycles. The summed E-state index contributed by atoms with van der Waals surface area (Å²) in [5, 5.41) is 42.8. The highest BCUT2D eigenvalue weighted by atomic mass is 31.2. The molecule has 0 amide bonds. The van der Waals surface area contributed by atoms with E-state index in [9.17, 15) is 46.5 Å². The molecule has 0 spiro atoms. The number of aliphatic hydroxyl groups is 1. The van der Waals surface area contributed by atoms with E-state index in [4.69, 9.17) is 39.3 Å². The van der Waals surface area contributed by atoms with Gasteiger partial charge in [-0.1, -0.05) is 84.9 Å². The summed E-state index contributed by atoms with van der Waals surface area (Å²) in [5.41, 5.74) is 4.44. The van der Waals surface area contributed by atoms with E-state index in [2.05, 4.69) is 14.9 Å². The number of carboxylic acid groups (broad SMARTS) is 1. The van der Waals surface area contributed by atoms with Gasteiger partial charge in [-0.3, -0.25) is 14.2 Å². The van der Waals surface area contributed by atoms with E-state index in [0.29, 0.717) is 78.6 Å². The van der Waals surface area contributed by atoms with Crippen LogP contribution >= 0.6 is 7.60 Å². The largest absolute Gasteiger partial charge is 0.478 e. The number of rotatable bonds is 8. The SMILES string of the molecule is COP(=O)(OC)C1OC(=O)c2ccccc21.N#Cc1cc(/C=C2\OC(=O)c3ccccc32)ccc1F.N#Cc1cc(C=O)ccc1F.O=C(O)c1cc(Cc2n[nH]c(=O)c3ccccc23)ccc1F.O=C1OC(O)c2ccccc21.[B]. The van der Waals surface area contributed by atoms with E-state index in [1.54, 1.807) is 115 Å². The van der Waals surface area contributed by atoms with Gasteiger partial charge in [0.25, 0.3) is 5.56 Å². The molecule has 3 N–H and O–H groups in total. The van der Waals surface area contributed by atoms with Gasteiger partial charge >= 0.3 is 31.5 Å². The van der Waals surface area contributed by atoms with Crippen molar-refractivity contribution < 1.29 is 75.2 Å². The number of nitrogens with one attached hydrogen (secondary N) is 1. The van der Waals surface area contributed by atoms with Crippen molar-refractivity contribution in [1.29, 1.82) is 10.5 Å². The number of aliphatic hydroxyl groups excluding tert-OH is 1. The molecule has 23 heteroatoms. The highest BCUT2D eigenvalue weighted by Crippen LogP contribution is 2.63. The molecule has 7 aromatic carbocycles. The maximum Gasteiger partial charge on any atom is 0.375 e. The number of aldehydes is 1. The number of carboxylic acids is 1. The molecule has 0 bridgehead atoms. The first-order valence-corrected chi connectivity index (χ1v) is 24.9. The summed E-state index contributed by atoms with van der Waals surface area (Å²) < 4.78 is 75.8. The molecule has 0 fully saturated rings. The van der Waals surface area contributed by atoms with Gasteiger partial charge in [0.15, 0.2) is 0 Å². The zero-order chi connectivity index (χ0) is 57.7. The Bertz CT molecular complexity index is 3970. The van der Waals surface area contributed by atoms with Crippen LogP contribution in [0.4, 0.5) is 13.2 Å². The summed E-state index contributed by atoms with van der Waals surface area (Å²) in [6.45, 7) is 0. The lowest BCUT2D eigenvalue weighted by Crippen LogP contribution is -2.11. The Morgan fingerprint density at radius 2 is 1.20 bits per heavy atom. The summed E-state index contributed by atoms with van der Waals surface area (Å²) in [6, 6.07) is 42.7. The number of fused-ring (bicyclic) bond motifs is 4. The van der Waals surface area contributed by atoms with Crippen LogP contribution in [0.25, 0.3) is 22.6 Å². The van der Waals surface area contributed by atoms with E-state index in [-0.39, 0.29) is 37.1 Å². The highest BCUT2D eigenvalue weighted by molar-refractivity contribution is 7.54. The molecule has 405 valence electrons. The molecule has 3 aliphatic rings. The Hall–Kier alpha value is -10.1. The molecule has 81 heavy (non-hydrogen) atoms. The molecule has 2 unspecified atom stereocenters. The second-order valence-corrected chi connectivity index (χ2v) is 19.0. The minimum Gasteiger partial charge on any atom is -0.478 e. The number of nitrogens with zero attached hydrogens (tertiary/aromatic N) is 3. The van der Waals surface area contributed by atoms with Crippen LogP contribution in [0.1, 0.15) is 109 Å². The maximum atomic E-state index is 13.4. The Labute approximate surface area is 459 Å². The third-order valence-corrected chi connectivity index (χ3v) is 13.8. The standard InChI is InChI=1S/C16H11FN2O3.C16H8FNO2.C10H11O5P.C8H4FNO.C8H6O3.B/c17-13-6-5-9(7-12(13)16(21)22)8-14-10-3-1-2-4-11(10)15(20)19-18-14;17-14-6-5-10(7-11(14)9-18)8-15-12-3-1-2-4-13(12)16(19)20-15;1-13-16(12,14-2)10-8-6-4-3-5-7(8)9(11)15-10;9-8-2-1-6(5-11)3-7(8)4-10;9-7-5-3-1-2-4-6(5)8(10)11-7;/h1-7H,8H2,(H,19,20)(H,21,22);1-8H;3-6,10H,1-2H3;1-3,5H;1-4,7,9H;/b;15-8-;;;;. The normalized spacial score (nSPS) is 14.5. The summed E-state index contributed by atoms with van der Waals surface area (Å²) in [5.74, 6) is -5.20. The molecule has 4 heterocycles. The van der Waals surface area contributed by atoms with E-state index >= 15 is 0 Å². The molecular weight excluding hydrogens is 1080 g/mol. The lowest BCUT2D eigenvalue weighted by molar-refractivity contribution is -0.0548. The third-order valence-electron chi connectivity index (χ3n) is 11.8. The van der Waals surface area contributed by atoms with Crippen molar-refractivity contribution in [2.45, 2.75) is 18.6 Å². The lowest BCUT2D eigenvalue weighted by Gasteiger charge is -2.19. The number of carbonyl (C=O) groups is 5. The molecular formula is C58H40BF3N4O14P. The summed E-state index contributed by atoms with van der Waals surface area (Å²) >= 11 is 0. The minimum absolute atomic E-state index is 0. The molecule has 1 aromatic heterocycles.